The number of carbonyl (C=O) groups excluding carboxylic acids is 2. The van der Waals surface area contributed by atoms with Crippen LogP contribution in [0.1, 0.15) is 35.3 Å². The van der Waals surface area contributed by atoms with E-state index in [1.54, 1.807) is 12.1 Å². The predicted molar refractivity (Wildman–Crippen MR) is 154 cm³/mol. The Hall–Kier alpha value is -3.61. The van der Waals surface area contributed by atoms with Gasteiger partial charge < -0.3 is 4.90 Å². The van der Waals surface area contributed by atoms with Gasteiger partial charge in [0.2, 0.25) is 11.9 Å². The van der Waals surface area contributed by atoms with E-state index >= 15 is 0 Å². The van der Waals surface area contributed by atoms with E-state index in [-0.39, 0.29) is 29.3 Å². The maximum absolute atomic E-state index is 13.3. The van der Waals surface area contributed by atoms with Crippen molar-refractivity contribution in [3.63, 3.8) is 0 Å². The van der Waals surface area contributed by atoms with Crippen LogP contribution in [0.15, 0.2) is 72.9 Å². The van der Waals surface area contributed by atoms with Crippen molar-refractivity contribution < 1.29 is 9.59 Å². The fraction of sp³-hybridized carbons (Fsp3) is 0.233. The predicted octanol–water partition coefficient (Wildman–Crippen LogP) is 7.20. The third-order valence-electron chi connectivity index (χ3n) is 6.16. The van der Waals surface area contributed by atoms with Crippen LogP contribution in [0.4, 0.5) is 5.95 Å². The summed E-state index contributed by atoms with van der Waals surface area (Å²) in [4.78, 5) is 32.9. The minimum atomic E-state index is -0.362. The summed E-state index contributed by atoms with van der Waals surface area (Å²) in [7, 11) is 0. The third kappa shape index (κ3) is 6.44. The molecular weight excluding hydrogens is 519 g/mol. The highest BCUT2D eigenvalue weighted by Gasteiger charge is 2.23. The van der Waals surface area contributed by atoms with Gasteiger partial charge in [0.25, 0.3) is 5.91 Å². The second-order valence-electron chi connectivity index (χ2n) is 9.71. The number of halogens is 2. The van der Waals surface area contributed by atoms with E-state index in [9.17, 15) is 9.59 Å². The van der Waals surface area contributed by atoms with Crippen LogP contribution in [0.5, 0.6) is 0 Å². The molecule has 8 heteroatoms. The van der Waals surface area contributed by atoms with Crippen LogP contribution in [0.3, 0.4) is 0 Å². The van der Waals surface area contributed by atoms with Crippen molar-refractivity contribution in [2.24, 2.45) is 5.92 Å². The smallest absolute Gasteiger partial charge is 0.255 e. The molecule has 4 aromatic rings. The maximum Gasteiger partial charge on any atom is 0.255 e. The number of nitrogens with one attached hydrogen (secondary N) is 1. The van der Waals surface area contributed by atoms with Crippen LogP contribution < -0.4 is 5.32 Å². The average molecular weight is 550 g/mol. The summed E-state index contributed by atoms with van der Waals surface area (Å²) in [5.41, 5.74) is 5.13. The normalized spacial score (nSPS) is 11.0. The van der Waals surface area contributed by atoms with E-state index in [1.165, 1.54) is 16.5 Å². The zero-order valence-electron chi connectivity index (χ0n) is 21.8. The molecule has 6 nitrogen and oxygen atoms in total. The van der Waals surface area contributed by atoms with Gasteiger partial charge >= 0.3 is 0 Å². The lowest BCUT2D eigenvalue weighted by atomic mass is 10.1. The molecule has 0 fully saturated rings. The standard InChI is InChI=1S/C30H30Cl2N4O2/c1-19(2)16-35(29(38)25-13-11-23(31)15-26(25)32)18-28(37)34-30-33-27(22-8-6-5-7-9-22)17-36(30)24-12-10-20(3)21(4)14-24/h5-15,17,19H,16,18H2,1-4H3,(H,33,34,37). The molecule has 0 aliphatic carbocycles. The van der Waals surface area contributed by atoms with Crippen LogP contribution in [0, 0.1) is 19.8 Å². The van der Waals surface area contributed by atoms with Crippen LogP contribution in [0.25, 0.3) is 16.9 Å². The Balaban J connectivity index is 1.64. The van der Waals surface area contributed by atoms with E-state index < -0.39 is 0 Å². The molecule has 0 saturated heterocycles. The minimum absolute atomic E-state index is 0.139. The summed E-state index contributed by atoms with van der Waals surface area (Å²) in [6, 6.07) is 20.6. The Morgan fingerprint density at radius 3 is 2.37 bits per heavy atom. The fourth-order valence-electron chi connectivity index (χ4n) is 4.12. The van der Waals surface area contributed by atoms with Crippen LogP contribution >= 0.6 is 23.2 Å². The van der Waals surface area contributed by atoms with E-state index in [0.29, 0.717) is 23.1 Å². The fourth-order valence-corrected chi connectivity index (χ4v) is 4.61. The average Bonchev–Trinajstić information content (AvgIpc) is 3.29. The molecule has 196 valence electrons. The van der Waals surface area contributed by atoms with E-state index in [0.717, 1.165) is 22.5 Å². The minimum Gasteiger partial charge on any atom is -0.329 e. The molecule has 0 bridgehead atoms. The molecule has 0 spiro atoms. The third-order valence-corrected chi connectivity index (χ3v) is 6.71. The molecule has 1 heterocycles. The number of aromatic nitrogens is 2. The van der Waals surface area contributed by atoms with Crippen LogP contribution in [0.2, 0.25) is 10.0 Å². The second kappa shape index (κ2) is 11.8. The van der Waals surface area contributed by atoms with Crippen molar-refractivity contribution in [3.8, 4) is 16.9 Å². The zero-order valence-corrected chi connectivity index (χ0v) is 23.3. The topological polar surface area (TPSA) is 67.2 Å². The number of anilines is 1. The summed E-state index contributed by atoms with van der Waals surface area (Å²) in [5, 5.41) is 3.61. The number of nitrogens with zero attached hydrogens (tertiary/aromatic N) is 3. The van der Waals surface area contributed by atoms with E-state index in [2.05, 4.69) is 18.3 Å². The Labute approximate surface area is 233 Å². The Bertz CT molecular complexity index is 1460. The Morgan fingerprint density at radius 1 is 0.974 bits per heavy atom. The van der Waals surface area contributed by atoms with Gasteiger partial charge in [-0.2, -0.15) is 0 Å². The van der Waals surface area contributed by atoms with Crippen molar-refractivity contribution in [2.45, 2.75) is 27.7 Å². The highest BCUT2D eigenvalue weighted by Crippen LogP contribution is 2.26. The molecule has 38 heavy (non-hydrogen) atoms. The number of aryl methyl sites for hydroxylation is 2. The lowest BCUT2D eigenvalue weighted by molar-refractivity contribution is -0.117. The van der Waals surface area contributed by atoms with Crippen molar-refractivity contribution >= 4 is 41.0 Å². The molecule has 4 rings (SSSR count). The molecule has 3 aromatic carbocycles. The van der Waals surface area contributed by atoms with E-state index in [1.807, 2.05) is 74.0 Å². The summed E-state index contributed by atoms with van der Waals surface area (Å²) in [6.07, 6.45) is 1.90. The number of benzene rings is 3. The van der Waals surface area contributed by atoms with Crippen molar-refractivity contribution in [2.75, 3.05) is 18.4 Å². The first kappa shape index (κ1) is 27.4. The highest BCUT2D eigenvalue weighted by atomic mass is 35.5. The van der Waals surface area contributed by atoms with Crippen LogP contribution in [-0.4, -0.2) is 39.4 Å². The molecular formula is C30H30Cl2N4O2. The summed E-state index contributed by atoms with van der Waals surface area (Å²) >= 11 is 12.3. The van der Waals surface area contributed by atoms with Gasteiger partial charge in [-0.1, -0.05) is 73.4 Å². The first-order valence-electron chi connectivity index (χ1n) is 12.4. The highest BCUT2D eigenvalue weighted by molar-refractivity contribution is 6.36. The van der Waals surface area contributed by atoms with Crippen molar-refractivity contribution in [1.29, 1.82) is 0 Å². The molecule has 0 saturated carbocycles. The molecule has 0 unspecified atom stereocenters. The number of carbonyl (C=O) groups is 2. The summed E-state index contributed by atoms with van der Waals surface area (Å²) < 4.78 is 1.86. The van der Waals surface area contributed by atoms with Gasteiger partial charge in [-0.15, -0.1) is 0 Å². The molecule has 1 N–H and O–H groups in total. The van der Waals surface area contributed by atoms with Gasteiger partial charge in [0, 0.05) is 29.0 Å². The van der Waals surface area contributed by atoms with Gasteiger partial charge in [-0.25, -0.2) is 4.98 Å². The molecule has 1 aromatic heterocycles. The van der Waals surface area contributed by atoms with Crippen LogP contribution in [-0.2, 0) is 4.79 Å². The second-order valence-corrected chi connectivity index (χ2v) is 10.5. The summed E-state index contributed by atoms with van der Waals surface area (Å²) in [6.45, 7) is 8.30. The molecule has 0 aliphatic rings. The number of hydrogen-bond acceptors (Lipinski definition) is 3. The lowest BCUT2D eigenvalue weighted by Crippen LogP contribution is -2.40. The molecule has 2 amide bonds. The largest absolute Gasteiger partial charge is 0.329 e. The summed E-state index contributed by atoms with van der Waals surface area (Å²) in [5.74, 6) is -0.184. The van der Waals surface area contributed by atoms with Crippen molar-refractivity contribution in [3.05, 3.63) is 99.7 Å². The van der Waals surface area contributed by atoms with Gasteiger partial charge in [0.1, 0.15) is 6.54 Å². The Morgan fingerprint density at radius 2 is 1.71 bits per heavy atom. The van der Waals surface area contributed by atoms with Gasteiger partial charge in [0.15, 0.2) is 0 Å². The first-order valence-corrected chi connectivity index (χ1v) is 13.1. The van der Waals surface area contributed by atoms with E-state index in [4.69, 9.17) is 28.2 Å². The van der Waals surface area contributed by atoms with Gasteiger partial charge in [-0.3, -0.25) is 19.5 Å². The SMILES string of the molecule is Cc1ccc(-n2cc(-c3ccccc3)nc2NC(=O)CN(CC(C)C)C(=O)c2ccc(Cl)cc2Cl)cc1C. The maximum atomic E-state index is 13.3. The quantitative estimate of drug-likeness (QED) is 0.253. The monoisotopic (exact) mass is 548 g/mol. The number of amides is 2. The molecule has 0 atom stereocenters. The Kier molecular flexibility index (Phi) is 8.55. The molecule has 0 radical (unpaired) electrons. The van der Waals surface area contributed by atoms with Gasteiger partial charge in [0.05, 0.1) is 16.3 Å². The molecule has 0 aliphatic heterocycles. The number of hydrogen-bond donors (Lipinski definition) is 1. The zero-order chi connectivity index (χ0) is 27.4. The number of imidazole rings is 1. The van der Waals surface area contributed by atoms with Crippen molar-refractivity contribution in [1.82, 2.24) is 14.5 Å². The lowest BCUT2D eigenvalue weighted by Gasteiger charge is -2.24. The van der Waals surface area contributed by atoms with Gasteiger partial charge in [-0.05, 0) is 61.2 Å². The number of rotatable bonds is 8. The first-order chi connectivity index (χ1) is 18.1.